The van der Waals surface area contributed by atoms with E-state index >= 15 is 0 Å². The molecule has 0 spiro atoms. The fourth-order valence-electron chi connectivity index (χ4n) is 2.71. The van der Waals surface area contributed by atoms with Crippen LogP contribution in [0.5, 0.6) is 0 Å². The predicted octanol–water partition coefficient (Wildman–Crippen LogP) is 2.35. The van der Waals surface area contributed by atoms with Gasteiger partial charge in [0.1, 0.15) is 5.60 Å². The molecule has 0 radical (unpaired) electrons. The molecule has 1 heterocycles. The van der Waals surface area contributed by atoms with Gasteiger partial charge in [0.2, 0.25) is 11.7 Å². The molecule has 122 valence electrons. The van der Waals surface area contributed by atoms with Crippen LogP contribution < -0.4 is 5.32 Å². The number of aromatic nitrogens is 2. The van der Waals surface area contributed by atoms with Crippen molar-refractivity contribution in [2.45, 2.75) is 37.7 Å². The third kappa shape index (κ3) is 3.71. The van der Waals surface area contributed by atoms with Crippen molar-refractivity contribution in [1.29, 1.82) is 0 Å². The van der Waals surface area contributed by atoms with Crippen molar-refractivity contribution in [3.63, 3.8) is 0 Å². The van der Waals surface area contributed by atoms with Gasteiger partial charge in [0, 0.05) is 23.6 Å². The number of nitrogens with zero attached hydrogens (tertiary/aromatic N) is 2. The Morgan fingerprint density at radius 2 is 2.00 bits per heavy atom. The quantitative estimate of drug-likeness (QED) is 0.875. The third-order valence-electron chi connectivity index (χ3n) is 4.05. The van der Waals surface area contributed by atoms with E-state index in [0.29, 0.717) is 42.5 Å². The highest BCUT2D eigenvalue weighted by atomic mass is 35.5. The lowest BCUT2D eigenvalue weighted by molar-refractivity contribution is -0.139. The minimum absolute atomic E-state index is 0.313. The van der Waals surface area contributed by atoms with Gasteiger partial charge in [-0.3, -0.25) is 4.79 Å². The van der Waals surface area contributed by atoms with Crippen molar-refractivity contribution in [1.82, 2.24) is 15.5 Å². The average molecular weight is 336 g/mol. The van der Waals surface area contributed by atoms with Gasteiger partial charge >= 0.3 is 0 Å². The second-order valence-corrected chi connectivity index (χ2v) is 6.20. The average Bonchev–Trinajstić information content (AvgIpc) is 3.18. The van der Waals surface area contributed by atoms with Crippen LogP contribution in [0.2, 0.25) is 5.02 Å². The summed E-state index contributed by atoms with van der Waals surface area (Å²) in [5, 5.41) is 17.5. The van der Waals surface area contributed by atoms with Gasteiger partial charge in [0.15, 0.2) is 0 Å². The van der Waals surface area contributed by atoms with Crippen LogP contribution in [0.3, 0.4) is 0 Å². The highest BCUT2D eigenvalue weighted by molar-refractivity contribution is 6.30. The summed E-state index contributed by atoms with van der Waals surface area (Å²) in [6.45, 7) is 0.351. The number of rotatable bonds is 5. The molecule has 6 nitrogen and oxygen atoms in total. The van der Waals surface area contributed by atoms with Crippen LogP contribution in [0.25, 0.3) is 11.4 Å². The molecule has 1 amide bonds. The Morgan fingerprint density at radius 1 is 1.30 bits per heavy atom. The molecule has 1 saturated carbocycles. The molecule has 0 unspecified atom stereocenters. The van der Waals surface area contributed by atoms with E-state index in [9.17, 15) is 9.90 Å². The van der Waals surface area contributed by atoms with Gasteiger partial charge in [-0.05, 0) is 49.9 Å². The van der Waals surface area contributed by atoms with Crippen LogP contribution in [0.15, 0.2) is 28.8 Å². The van der Waals surface area contributed by atoms with E-state index in [4.69, 9.17) is 16.1 Å². The molecule has 0 bridgehead atoms. The number of aliphatic hydroxyl groups is 1. The summed E-state index contributed by atoms with van der Waals surface area (Å²) in [5.74, 6) is 0.610. The number of carbonyl (C=O) groups is 1. The van der Waals surface area contributed by atoms with Gasteiger partial charge in [0.05, 0.1) is 0 Å². The summed E-state index contributed by atoms with van der Waals surface area (Å²) >= 11 is 5.84. The third-order valence-corrected chi connectivity index (χ3v) is 4.30. The summed E-state index contributed by atoms with van der Waals surface area (Å²) < 4.78 is 5.17. The van der Waals surface area contributed by atoms with Gasteiger partial charge in [-0.1, -0.05) is 16.8 Å². The van der Waals surface area contributed by atoms with Crippen molar-refractivity contribution < 1.29 is 14.4 Å². The molecule has 2 aromatic rings. The Morgan fingerprint density at radius 3 is 2.70 bits per heavy atom. The number of halogens is 1. The monoisotopic (exact) mass is 335 g/mol. The second kappa shape index (κ2) is 6.68. The van der Waals surface area contributed by atoms with Gasteiger partial charge in [0.25, 0.3) is 5.91 Å². The van der Waals surface area contributed by atoms with Crippen molar-refractivity contribution in [3.05, 3.63) is 35.2 Å². The van der Waals surface area contributed by atoms with E-state index in [-0.39, 0.29) is 5.91 Å². The highest BCUT2D eigenvalue weighted by Crippen LogP contribution is 2.29. The van der Waals surface area contributed by atoms with Crippen molar-refractivity contribution in [2.24, 2.45) is 0 Å². The zero-order chi connectivity index (χ0) is 16.3. The van der Waals surface area contributed by atoms with E-state index in [1.807, 2.05) is 12.1 Å². The molecule has 7 heteroatoms. The first-order valence-corrected chi connectivity index (χ1v) is 8.04. The molecule has 1 aromatic carbocycles. The number of benzene rings is 1. The number of hydrogen-bond acceptors (Lipinski definition) is 5. The van der Waals surface area contributed by atoms with E-state index in [2.05, 4.69) is 15.5 Å². The fourth-order valence-corrected chi connectivity index (χ4v) is 2.83. The van der Waals surface area contributed by atoms with Crippen LogP contribution in [0, 0.1) is 0 Å². The molecule has 0 atom stereocenters. The minimum Gasteiger partial charge on any atom is -0.380 e. The first-order chi connectivity index (χ1) is 11.1. The molecule has 23 heavy (non-hydrogen) atoms. The SMILES string of the molecule is O=C(NCCc1nc(-c2ccc(Cl)cc2)no1)C1(O)CCCC1. The summed E-state index contributed by atoms with van der Waals surface area (Å²) in [5.41, 5.74) is -0.391. The molecule has 1 aromatic heterocycles. The van der Waals surface area contributed by atoms with E-state index in [1.165, 1.54) is 0 Å². The smallest absolute Gasteiger partial charge is 0.251 e. The molecular weight excluding hydrogens is 318 g/mol. The summed E-state index contributed by atoms with van der Waals surface area (Å²) in [7, 11) is 0. The van der Waals surface area contributed by atoms with E-state index < -0.39 is 5.60 Å². The Balaban J connectivity index is 1.53. The Kier molecular flexibility index (Phi) is 4.63. The van der Waals surface area contributed by atoms with Crippen LogP contribution in [0.4, 0.5) is 0 Å². The van der Waals surface area contributed by atoms with E-state index in [0.717, 1.165) is 18.4 Å². The summed E-state index contributed by atoms with van der Waals surface area (Å²) in [6.07, 6.45) is 3.25. The fraction of sp³-hybridized carbons (Fsp3) is 0.438. The molecule has 3 rings (SSSR count). The molecule has 0 aliphatic heterocycles. The Hall–Kier alpha value is -1.92. The predicted molar refractivity (Wildman–Crippen MR) is 84.9 cm³/mol. The molecular formula is C16H18ClN3O3. The molecule has 1 fully saturated rings. The van der Waals surface area contributed by atoms with Gasteiger partial charge in [-0.2, -0.15) is 4.98 Å². The number of nitrogens with one attached hydrogen (secondary N) is 1. The normalized spacial score (nSPS) is 16.4. The van der Waals surface area contributed by atoms with Crippen LogP contribution in [-0.4, -0.2) is 33.3 Å². The summed E-state index contributed by atoms with van der Waals surface area (Å²) in [6, 6.07) is 7.15. The van der Waals surface area contributed by atoms with Crippen molar-refractivity contribution in [3.8, 4) is 11.4 Å². The Bertz CT molecular complexity index is 678. The maximum absolute atomic E-state index is 12.0. The van der Waals surface area contributed by atoms with Crippen LogP contribution >= 0.6 is 11.6 Å². The lowest BCUT2D eigenvalue weighted by Gasteiger charge is -2.20. The lowest BCUT2D eigenvalue weighted by Crippen LogP contribution is -2.45. The van der Waals surface area contributed by atoms with Crippen molar-refractivity contribution in [2.75, 3.05) is 6.54 Å². The maximum atomic E-state index is 12.0. The van der Waals surface area contributed by atoms with Gasteiger partial charge in [-0.15, -0.1) is 0 Å². The van der Waals surface area contributed by atoms with Crippen molar-refractivity contribution >= 4 is 17.5 Å². The first kappa shape index (κ1) is 16.0. The van der Waals surface area contributed by atoms with E-state index in [1.54, 1.807) is 12.1 Å². The summed E-state index contributed by atoms with van der Waals surface area (Å²) in [4.78, 5) is 16.3. The lowest BCUT2D eigenvalue weighted by atomic mass is 10.0. The zero-order valence-electron chi connectivity index (χ0n) is 12.6. The maximum Gasteiger partial charge on any atom is 0.251 e. The van der Waals surface area contributed by atoms with Gasteiger partial charge in [-0.25, -0.2) is 0 Å². The minimum atomic E-state index is -1.21. The number of amides is 1. The second-order valence-electron chi connectivity index (χ2n) is 5.76. The largest absolute Gasteiger partial charge is 0.380 e. The standard InChI is InChI=1S/C16H18ClN3O3/c17-12-5-3-11(4-6-12)14-19-13(23-20-14)7-10-18-15(21)16(22)8-1-2-9-16/h3-6,22H,1-2,7-10H2,(H,18,21). The van der Waals surface area contributed by atoms with Gasteiger partial charge < -0.3 is 14.9 Å². The topological polar surface area (TPSA) is 88.3 Å². The van der Waals surface area contributed by atoms with Crippen LogP contribution in [-0.2, 0) is 11.2 Å². The molecule has 0 saturated heterocycles. The van der Waals surface area contributed by atoms with Crippen LogP contribution in [0.1, 0.15) is 31.6 Å². The molecule has 1 aliphatic carbocycles. The Labute approximate surface area is 138 Å². The first-order valence-electron chi connectivity index (χ1n) is 7.66. The zero-order valence-corrected chi connectivity index (χ0v) is 13.3. The molecule has 1 aliphatic rings. The number of carbonyl (C=O) groups excluding carboxylic acids is 1. The highest BCUT2D eigenvalue weighted by Gasteiger charge is 2.38. The number of hydrogen-bond donors (Lipinski definition) is 2. The molecule has 2 N–H and O–H groups in total.